The first-order chi connectivity index (χ1) is 18.2. The molecule has 0 radical (unpaired) electrons. The average molecular weight is 553 g/mol. The molecule has 0 fully saturated rings. The van der Waals surface area contributed by atoms with Crippen molar-refractivity contribution >= 4 is 31.4 Å². The fourth-order valence-electron chi connectivity index (χ4n) is 3.65. The van der Waals surface area contributed by atoms with Crippen LogP contribution < -0.4 is 18.9 Å². The lowest BCUT2D eigenvalue weighted by Gasteiger charge is -2.11. The first-order valence-electron chi connectivity index (χ1n) is 11.9. The van der Waals surface area contributed by atoms with Gasteiger partial charge >= 0.3 is 0 Å². The van der Waals surface area contributed by atoms with Gasteiger partial charge in [0, 0.05) is 11.4 Å². The number of hydrogen-bond acceptors (Lipinski definition) is 6. The molecular formula is C28H28N2O6S2. The van der Waals surface area contributed by atoms with Crippen LogP contribution >= 0.6 is 0 Å². The molecule has 0 aliphatic rings. The van der Waals surface area contributed by atoms with Crippen LogP contribution in [0.1, 0.15) is 13.8 Å². The molecule has 0 heterocycles. The third kappa shape index (κ3) is 6.64. The number of rotatable bonds is 11. The highest BCUT2D eigenvalue weighted by Crippen LogP contribution is 2.26. The van der Waals surface area contributed by atoms with Gasteiger partial charge in [0.05, 0.1) is 23.0 Å². The van der Waals surface area contributed by atoms with Crippen LogP contribution in [0.5, 0.6) is 11.5 Å². The number of hydrogen-bond donors (Lipinski definition) is 2. The Bertz CT molecular complexity index is 1440. The van der Waals surface area contributed by atoms with Crippen molar-refractivity contribution in [3.8, 4) is 22.6 Å². The molecule has 0 unspecified atom stereocenters. The highest BCUT2D eigenvalue weighted by Gasteiger charge is 2.16. The molecule has 198 valence electrons. The van der Waals surface area contributed by atoms with Crippen LogP contribution in [0, 0.1) is 0 Å². The van der Waals surface area contributed by atoms with E-state index < -0.39 is 20.0 Å². The molecule has 0 aliphatic carbocycles. The summed E-state index contributed by atoms with van der Waals surface area (Å²) in [5.74, 6) is 1.32. The van der Waals surface area contributed by atoms with E-state index in [0.717, 1.165) is 11.1 Å². The lowest BCUT2D eigenvalue weighted by Crippen LogP contribution is -2.13. The van der Waals surface area contributed by atoms with E-state index in [4.69, 9.17) is 9.47 Å². The second-order valence-corrected chi connectivity index (χ2v) is 11.5. The third-order valence-corrected chi connectivity index (χ3v) is 8.29. The monoisotopic (exact) mass is 552 g/mol. The van der Waals surface area contributed by atoms with Gasteiger partial charge in [0.15, 0.2) is 0 Å². The summed E-state index contributed by atoms with van der Waals surface area (Å²) in [5, 5.41) is 0. The smallest absolute Gasteiger partial charge is 0.261 e. The van der Waals surface area contributed by atoms with E-state index >= 15 is 0 Å². The second-order valence-electron chi connectivity index (χ2n) is 8.17. The minimum absolute atomic E-state index is 0.105. The summed E-state index contributed by atoms with van der Waals surface area (Å²) in [6, 6.07) is 26.0. The lowest BCUT2D eigenvalue weighted by molar-refractivity contribution is 0.340. The molecule has 0 aliphatic heterocycles. The van der Waals surface area contributed by atoms with Gasteiger partial charge in [0.2, 0.25) is 0 Å². The summed E-state index contributed by atoms with van der Waals surface area (Å²) in [5.41, 5.74) is 2.34. The standard InChI is InChI=1S/C28H28N2O6S2/c1-3-35-25-13-9-23(10-14-25)29-37(31,32)27-17-5-21(6-18-27)22-7-19-28(20-8-22)38(33,34)30-24-11-15-26(16-12-24)36-4-2/h5-20,29-30H,3-4H2,1-2H3. The third-order valence-electron chi connectivity index (χ3n) is 5.50. The van der Waals surface area contributed by atoms with Crippen molar-refractivity contribution in [3.05, 3.63) is 97.1 Å². The lowest BCUT2D eigenvalue weighted by atomic mass is 10.1. The van der Waals surface area contributed by atoms with Crippen LogP contribution in [0.2, 0.25) is 0 Å². The maximum atomic E-state index is 12.8. The van der Waals surface area contributed by atoms with Gasteiger partial charge in [-0.1, -0.05) is 24.3 Å². The minimum Gasteiger partial charge on any atom is -0.494 e. The molecular weight excluding hydrogens is 524 g/mol. The van der Waals surface area contributed by atoms with Gasteiger partial charge in [-0.2, -0.15) is 0 Å². The van der Waals surface area contributed by atoms with Crippen molar-refractivity contribution < 1.29 is 26.3 Å². The molecule has 10 heteroatoms. The summed E-state index contributed by atoms with van der Waals surface area (Å²) in [6.45, 7) is 4.80. The van der Waals surface area contributed by atoms with Crippen molar-refractivity contribution in [2.45, 2.75) is 23.6 Å². The molecule has 4 rings (SSSR count). The van der Waals surface area contributed by atoms with Crippen LogP contribution in [-0.2, 0) is 20.0 Å². The topological polar surface area (TPSA) is 111 Å². The number of sulfonamides is 2. The Hall–Kier alpha value is -4.02. The molecule has 4 aromatic rings. The van der Waals surface area contributed by atoms with Gasteiger partial charge in [0.25, 0.3) is 20.0 Å². The van der Waals surface area contributed by atoms with Gasteiger partial charge in [0.1, 0.15) is 11.5 Å². The molecule has 2 N–H and O–H groups in total. The molecule has 38 heavy (non-hydrogen) atoms. The normalized spacial score (nSPS) is 11.5. The molecule has 8 nitrogen and oxygen atoms in total. The molecule has 0 amide bonds. The van der Waals surface area contributed by atoms with E-state index in [9.17, 15) is 16.8 Å². The number of nitrogens with one attached hydrogen (secondary N) is 2. The minimum atomic E-state index is -3.79. The van der Waals surface area contributed by atoms with E-state index in [0.29, 0.717) is 36.1 Å². The zero-order valence-corrected chi connectivity index (χ0v) is 22.6. The maximum Gasteiger partial charge on any atom is 0.261 e. The SMILES string of the molecule is CCOc1ccc(NS(=O)(=O)c2ccc(-c3ccc(S(=O)(=O)Nc4ccc(OCC)cc4)cc3)cc2)cc1. The highest BCUT2D eigenvalue weighted by molar-refractivity contribution is 7.93. The summed E-state index contributed by atoms with van der Waals surface area (Å²) < 4.78 is 67.0. The Morgan fingerprint density at radius 2 is 0.816 bits per heavy atom. The second kappa shape index (κ2) is 11.6. The van der Waals surface area contributed by atoms with Crippen LogP contribution in [-0.4, -0.2) is 30.0 Å². The van der Waals surface area contributed by atoms with E-state index in [1.807, 2.05) is 13.8 Å². The number of ether oxygens (including phenoxy) is 2. The largest absolute Gasteiger partial charge is 0.494 e. The van der Waals surface area contributed by atoms with Crippen molar-refractivity contribution in [3.63, 3.8) is 0 Å². The Kier molecular flexibility index (Phi) is 8.23. The van der Waals surface area contributed by atoms with Crippen molar-refractivity contribution in [1.82, 2.24) is 0 Å². The fourth-order valence-corrected chi connectivity index (χ4v) is 5.77. The average Bonchev–Trinajstić information content (AvgIpc) is 2.91. The fraction of sp³-hybridized carbons (Fsp3) is 0.143. The summed E-state index contributed by atoms with van der Waals surface area (Å²) in [4.78, 5) is 0.211. The van der Waals surface area contributed by atoms with Crippen molar-refractivity contribution in [2.24, 2.45) is 0 Å². The molecule has 0 aromatic heterocycles. The van der Waals surface area contributed by atoms with E-state index in [2.05, 4.69) is 9.44 Å². The molecule has 0 bridgehead atoms. The van der Waals surface area contributed by atoms with Crippen LogP contribution in [0.25, 0.3) is 11.1 Å². The summed E-state index contributed by atoms with van der Waals surface area (Å²) in [7, 11) is -7.57. The number of benzene rings is 4. The van der Waals surface area contributed by atoms with Crippen LogP contribution in [0.3, 0.4) is 0 Å². The predicted molar refractivity (Wildman–Crippen MR) is 149 cm³/mol. The maximum absolute atomic E-state index is 12.8. The van der Waals surface area contributed by atoms with Crippen molar-refractivity contribution in [1.29, 1.82) is 0 Å². The quantitative estimate of drug-likeness (QED) is 0.245. The van der Waals surface area contributed by atoms with Gasteiger partial charge < -0.3 is 9.47 Å². The van der Waals surface area contributed by atoms with E-state index in [-0.39, 0.29) is 9.79 Å². The molecule has 0 spiro atoms. The van der Waals surface area contributed by atoms with E-state index in [1.165, 1.54) is 24.3 Å². The zero-order valence-electron chi connectivity index (χ0n) is 20.9. The molecule has 0 atom stereocenters. The van der Waals surface area contributed by atoms with Crippen LogP contribution in [0.15, 0.2) is 107 Å². The predicted octanol–water partition coefficient (Wildman–Crippen LogP) is 5.75. The van der Waals surface area contributed by atoms with Gasteiger partial charge in [-0.25, -0.2) is 16.8 Å². The molecule has 4 aromatic carbocycles. The number of anilines is 2. The van der Waals surface area contributed by atoms with Crippen molar-refractivity contribution in [2.75, 3.05) is 22.7 Å². The van der Waals surface area contributed by atoms with Crippen LogP contribution in [0.4, 0.5) is 11.4 Å². The first kappa shape index (κ1) is 27.0. The summed E-state index contributed by atoms with van der Waals surface area (Å²) >= 11 is 0. The highest BCUT2D eigenvalue weighted by atomic mass is 32.2. The zero-order chi connectivity index (χ0) is 27.2. The van der Waals surface area contributed by atoms with E-state index in [1.54, 1.807) is 72.8 Å². The summed E-state index contributed by atoms with van der Waals surface area (Å²) in [6.07, 6.45) is 0. The molecule has 0 saturated carbocycles. The molecule has 0 saturated heterocycles. The first-order valence-corrected chi connectivity index (χ1v) is 14.9. The van der Waals surface area contributed by atoms with Gasteiger partial charge in [-0.3, -0.25) is 9.44 Å². The Balaban J connectivity index is 1.44. The van der Waals surface area contributed by atoms with Gasteiger partial charge in [-0.15, -0.1) is 0 Å². The van der Waals surface area contributed by atoms with Gasteiger partial charge in [-0.05, 0) is 97.8 Å². The Morgan fingerprint density at radius 1 is 0.500 bits per heavy atom. The Morgan fingerprint density at radius 3 is 1.11 bits per heavy atom. The Labute approximate surface area is 223 Å².